The zero-order chi connectivity index (χ0) is 11.4. The van der Waals surface area contributed by atoms with Gasteiger partial charge in [-0.3, -0.25) is 0 Å². The molecular weight excluding hydrogens is 239 g/mol. The molecule has 3 nitrogen and oxygen atoms in total. The van der Waals surface area contributed by atoms with Gasteiger partial charge in [0, 0.05) is 11.4 Å². The number of rotatable bonds is 4. The molecule has 5 heteroatoms. The molecule has 0 heterocycles. The lowest BCUT2D eigenvalue weighted by atomic mass is 10.0. The summed E-state index contributed by atoms with van der Waals surface area (Å²) in [6.45, 7) is 0. The number of carbonyl (C=O) groups is 1. The van der Waals surface area contributed by atoms with E-state index in [-0.39, 0.29) is 23.1 Å². The van der Waals surface area contributed by atoms with Gasteiger partial charge in [-0.05, 0) is 5.56 Å². The zero-order valence-corrected chi connectivity index (χ0v) is 9.60. The molecule has 15 heavy (non-hydrogen) atoms. The Labute approximate surface area is 97.6 Å². The smallest absolute Gasteiger partial charge is 0.339 e. The third-order valence-electron chi connectivity index (χ3n) is 2.03. The van der Waals surface area contributed by atoms with Crippen LogP contribution in [-0.2, 0) is 11.8 Å². The van der Waals surface area contributed by atoms with E-state index in [1.165, 1.54) is 7.11 Å². The van der Waals surface area contributed by atoms with Gasteiger partial charge in [-0.15, -0.1) is 23.2 Å². The zero-order valence-electron chi connectivity index (χ0n) is 8.09. The number of aromatic carboxylic acids is 1. The first-order valence-corrected chi connectivity index (χ1v) is 5.26. The van der Waals surface area contributed by atoms with Crippen LogP contribution in [0.5, 0.6) is 5.75 Å². The van der Waals surface area contributed by atoms with Crippen molar-refractivity contribution in [2.75, 3.05) is 7.11 Å². The van der Waals surface area contributed by atoms with Crippen LogP contribution in [0.1, 0.15) is 21.5 Å². The average molecular weight is 249 g/mol. The highest BCUT2D eigenvalue weighted by molar-refractivity contribution is 6.18. The van der Waals surface area contributed by atoms with Crippen LogP contribution >= 0.6 is 23.2 Å². The van der Waals surface area contributed by atoms with Crippen molar-refractivity contribution in [2.45, 2.75) is 11.8 Å². The van der Waals surface area contributed by atoms with Crippen molar-refractivity contribution in [3.63, 3.8) is 0 Å². The fourth-order valence-corrected chi connectivity index (χ4v) is 1.78. The van der Waals surface area contributed by atoms with E-state index in [9.17, 15) is 4.79 Å². The highest BCUT2D eigenvalue weighted by Gasteiger charge is 2.18. The van der Waals surface area contributed by atoms with Gasteiger partial charge in [0.05, 0.1) is 13.0 Å². The summed E-state index contributed by atoms with van der Waals surface area (Å²) in [5, 5.41) is 9.05. The molecule has 0 saturated heterocycles. The SMILES string of the molecule is COc1c(CCl)ccc(CCl)c1C(=O)O. The molecule has 1 aromatic rings. The van der Waals surface area contributed by atoms with Crippen molar-refractivity contribution in [2.24, 2.45) is 0 Å². The number of carboxylic acid groups (broad SMARTS) is 1. The summed E-state index contributed by atoms with van der Waals surface area (Å²) in [5.41, 5.74) is 1.26. The monoisotopic (exact) mass is 248 g/mol. The minimum Gasteiger partial charge on any atom is -0.496 e. The Morgan fingerprint density at radius 3 is 2.27 bits per heavy atom. The van der Waals surface area contributed by atoms with Crippen molar-refractivity contribution >= 4 is 29.2 Å². The maximum absolute atomic E-state index is 11.0. The standard InChI is InChI=1S/C10H10Cl2O3/c1-15-9-7(5-12)3-2-6(4-11)8(9)10(13)14/h2-3H,4-5H2,1H3,(H,13,14). The molecule has 1 rings (SSSR count). The van der Waals surface area contributed by atoms with E-state index in [2.05, 4.69) is 0 Å². The second-order valence-electron chi connectivity index (χ2n) is 2.86. The number of alkyl halides is 2. The van der Waals surface area contributed by atoms with Gasteiger partial charge in [-0.2, -0.15) is 0 Å². The molecular formula is C10H10Cl2O3. The molecule has 0 bridgehead atoms. The lowest BCUT2D eigenvalue weighted by Crippen LogP contribution is -2.06. The number of methoxy groups -OCH3 is 1. The van der Waals surface area contributed by atoms with E-state index in [0.717, 1.165) is 0 Å². The van der Waals surface area contributed by atoms with Gasteiger partial charge in [-0.25, -0.2) is 4.79 Å². The Balaban J connectivity index is 3.44. The summed E-state index contributed by atoms with van der Waals surface area (Å²) in [5.74, 6) is -0.447. The quantitative estimate of drug-likeness (QED) is 0.834. The molecule has 1 aromatic carbocycles. The first kappa shape index (κ1) is 12.1. The van der Waals surface area contributed by atoms with Crippen LogP contribution < -0.4 is 4.74 Å². The van der Waals surface area contributed by atoms with Crippen LogP contribution in [0.25, 0.3) is 0 Å². The lowest BCUT2D eigenvalue weighted by Gasteiger charge is -2.12. The first-order valence-electron chi connectivity index (χ1n) is 4.19. The van der Waals surface area contributed by atoms with Gasteiger partial charge < -0.3 is 9.84 Å². The van der Waals surface area contributed by atoms with E-state index >= 15 is 0 Å². The summed E-state index contributed by atoms with van der Waals surface area (Å²) in [4.78, 5) is 11.0. The Kier molecular flexibility index (Phi) is 4.24. The minimum atomic E-state index is -1.06. The van der Waals surface area contributed by atoms with Crippen LogP contribution in [-0.4, -0.2) is 18.2 Å². The molecule has 0 aliphatic rings. The van der Waals surface area contributed by atoms with Crippen molar-refractivity contribution in [3.8, 4) is 5.75 Å². The molecule has 0 aliphatic heterocycles. The topological polar surface area (TPSA) is 46.5 Å². The fourth-order valence-electron chi connectivity index (χ4n) is 1.35. The summed E-state index contributed by atoms with van der Waals surface area (Å²) < 4.78 is 5.05. The molecule has 0 spiro atoms. The molecule has 0 fully saturated rings. The Bertz CT molecular complexity index is 377. The van der Waals surface area contributed by atoms with Crippen LogP contribution in [0.2, 0.25) is 0 Å². The molecule has 0 aromatic heterocycles. The molecule has 0 aliphatic carbocycles. The van der Waals surface area contributed by atoms with Gasteiger partial charge in [0.2, 0.25) is 0 Å². The number of benzene rings is 1. The first-order chi connectivity index (χ1) is 7.15. The Morgan fingerprint density at radius 2 is 1.87 bits per heavy atom. The number of hydrogen-bond donors (Lipinski definition) is 1. The van der Waals surface area contributed by atoms with Crippen LogP contribution in [0.3, 0.4) is 0 Å². The number of carboxylic acids is 1. The van der Waals surface area contributed by atoms with Crippen LogP contribution in [0.15, 0.2) is 12.1 Å². The van der Waals surface area contributed by atoms with Crippen molar-refractivity contribution < 1.29 is 14.6 Å². The van der Waals surface area contributed by atoms with Gasteiger partial charge in [0.15, 0.2) is 0 Å². The van der Waals surface area contributed by atoms with E-state index in [1.807, 2.05) is 0 Å². The third-order valence-corrected chi connectivity index (χ3v) is 2.61. The van der Waals surface area contributed by atoms with Crippen LogP contribution in [0.4, 0.5) is 0 Å². The van der Waals surface area contributed by atoms with Gasteiger partial charge in [0.25, 0.3) is 0 Å². The summed E-state index contributed by atoms with van der Waals surface area (Å²) in [6.07, 6.45) is 0. The van der Waals surface area contributed by atoms with E-state index in [0.29, 0.717) is 11.1 Å². The predicted octanol–water partition coefficient (Wildman–Crippen LogP) is 2.87. The molecule has 0 atom stereocenters. The third kappa shape index (κ3) is 2.36. The van der Waals surface area contributed by atoms with Crippen molar-refractivity contribution in [1.82, 2.24) is 0 Å². The molecule has 0 saturated carbocycles. The highest BCUT2D eigenvalue weighted by atomic mass is 35.5. The second-order valence-corrected chi connectivity index (χ2v) is 3.40. The number of halogens is 2. The van der Waals surface area contributed by atoms with Crippen molar-refractivity contribution in [3.05, 3.63) is 28.8 Å². The maximum Gasteiger partial charge on any atom is 0.339 e. The summed E-state index contributed by atoms with van der Waals surface area (Å²) in [6, 6.07) is 3.37. The number of hydrogen-bond acceptors (Lipinski definition) is 2. The lowest BCUT2D eigenvalue weighted by molar-refractivity contribution is 0.0692. The predicted molar refractivity (Wildman–Crippen MR) is 59.1 cm³/mol. The normalized spacial score (nSPS) is 10.1. The summed E-state index contributed by atoms with van der Waals surface area (Å²) >= 11 is 11.3. The minimum absolute atomic E-state index is 0.0886. The second kappa shape index (κ2) is 5.24. The fraction of sp³-hybridized carbons (Fsp3) is 0.300. The average Bonchev–Trinajstić information content (AvgIpc) is 2.26. The van der Waals surface area contributed by atoms with Gasteiger partial charge in [-0.1, -0.05) is 12.1 Å². The maximum atomic E-state index is 11.0. The summed E-state index contributed by atoms with van der Waals surface area (Å²) in [7, 11) is 1.41. The molecule has 0 amide bonds. The van der Waals surface area contributed by atoms with Crippen molar-refractivity contribution in [1.29, 1.82) is 0 Å². The molecule has 0 unspecified atom stereocenters. The molecule has 82 valence electrons. The van der Waals surface area contributed by atoms with E-state index in [4.69, 9.17) is 33.0 Å². The molecule has 1 N–H and O–H groups in total. The molecule has 0 radical (unpaired) electrons. The highest BCUT2D eigenvalue weighted by Crippen LogP contribution is 2.29. The largest absolute Gasteiger partial charge is 0.496 e. The van der Waals surface area contributed by atoms with Gasteiger partial charge in [0.1, 0.15) is 11.3 Å². The van der Waals surface area contributed by atoms with Gasteiger partial charge >= 0.3 is 5.97 Å². The Morgan fingerprint density at radius 1 is 1.33 bits per heavy atom. The number of ether oxygens (including phenoxy) is 1. The Hall–Kier alpha value is -0.930. The van der Waals surface area contributed by atoms with E-state index < -0.39 is 5.97 Å². The van der Waals surface area contributed by atoms with E-state index in [1.54, 1.807) is 12.1 Å². The van der Waals surface area contributed by atoms with Crippen LogP contribution in [0, 0.1) is 0 Å².